The predicted octanol–water partition coefficient (Wildman–Crippen LogP) is 3.67. The molecule has 2 aliphatic heterocycles. The van der Waals surface area contributed by atoms with Gasteiger partial charge < -0.3 is 14.9 Å². The van der Waals surface area contributed by atoms with Crippen LogP contribution >= 0.6 is 0 Å². The molecule has 5 rings (SSSR count). The molecule has 9 heteroatoms. The molecule has 1 N–H and O–H groups in total. The Bertz CT molecular complexity index is 962. The summed E-state index contributed by atoms with van der Waals surface area (Å²) in [6.07, 6.45) is -0.314. The standard InChI is InChI=1S/C21H24F3N5O/c1-28-8-6-12-7-9-29(16(12)11-28)20-25-18(13-2-3-13)19(26-27-20)15-5-4-14(10-17(15)30)21(22,23)24/h4-5,10,12-13,16,30H,2-3,6-9,11H2,1H3/t12-,16-/m1/s1. The lowest BCUT2D eigenvalue weighted by atomic mass is 9.92. The second-order valence-corrected chi connectivity index (χ2v) is 8.71. The van der Waals surface area contributed by atoms with Crippen LogP contribution in [0.4, 0.5) is 19.1 Å². The molecule has 1 saturated carbocycles. The maximum atomic E-state index is 12.9. The van der Waals surface area contributed by atoms with Crippen LogP contribution < -0.4 is 4.90 Å². The molecule has 3 fully saturated rings. The fourth-order valence-corrected chi connectivity index (χ4v) is 4.74. The van der Waals surface area contributed by atoms with Crippen molar-refractivity contribution in [1.29, 1.82) is 0 Å². The van der Waals surface area contributed by atoms with E-state index in [0.29, 0.717) is 23.6 Å². The normalized spacial score (nSPS) is 24.9. The van der Waals surface area contributed by atoms with Crippen LogP contribution in [-0.2, 0) is 6.18 Å². The molecule has 0 amide bonds. The van der Waals surface area contributed by atoms with Crippen LogP contribution in [0.25, 0.3) is 11.3 Å². The summed E-state index contributed by atoms with van der Waals surface area (Å²) in [4.78, 5) is 9.38. The lowest BCUT2D eigenvalue weighted by molar-refractivity contribution is -0.137. The maximum Gasteiger partial charge on any atom is 0.416 e. The summed E-state index contributed by atoms with van der Waals surface area (Å²) in [6, 6.07) is 3.33. The fourth-order valence-electron chi connectivity index (χ4n) is 4.74. The third-order valence-electron chi connectivity index (χ3n) is 6.57. The zero-order valence-corrected chi connectivity index (χ0v) is 16.7. The van der Waals surface area contributed by atoms with Gasteiger partial charge in [-0.2, -0.15) is 13.2 Å². The predicted molar refractivity (Wildman–Crippen MR) is 105 cm³/mol. The van der Waals surface area contributed by atoms with Gasteiger partial charge in [0, 0.05) is 30.6 Å². The van der Waals surface area contributed by atoms with E-state index in [4.69, 9.17) is 4.98 Å². The average molecular weight is 419 g/mol. The number of halogens is 3. The third kappa shape index (κ3) is 3.49. The molecule has 6 nitrogen and oxygen atoms in total. The van der Waals surface area contributed by atoms with Crippen molar-refractivity contribution in [2.45, 2.75) is 43.8 Å². The Morgan fingerprint density at radius 3 is 2.53 bits per heavy atom. The Labute approximate surface area is 172 Å². The lowest BCUT2D eigenvalue weighted by Gasteiger charge is -2.36. The Morgan fingerprint density at radius 2 is 1.83 bits per heavy atom. The van der Waals surface area contributed by atoms with Crippen molar-refractivity contribution in [3.63, 3.8) is 0 Å². The van der Waals surface area contributed by atoms with Gasteiger partial charge in [-0.25, -0.2) is 4.98 Å². The van der Waals surface area contributed by atoms with Crippen LogP contribution in [0.5, 0.6) is 5.75 Å². The summed E-state index contributed by atoms with van der Waals surface area (Å²) in [7, 11) is 2.12. The minimum atomic E-state index is -4.51. The monoisotopic (exact) mass is 419 g/mol. The van der Waals surface area contributed by atoms with E-state index in [0.717, 1.165) is 63.1 Å². The Kier molecular flexibility index (Phi) is 4.61. The van der Waals surface area contributed by atoms with Gasteiger partial charge in [0.25, 0.3) is 0 Å². The molecule has 1 aromatic carbocycles. The lowest BCUT2D eigenvalue weighted by Crippen LogP contribution is -2.47. The van der Waals surface area contributed by atoms with Gasteiger partial charge in [0.15, 0.2) is 0 Å². The molecule has 1 aliphatic carbocycles. The summed E-state index contributed by atoms with van der Waals surface area (Å²) in [6.45, 7) is 2.96. The molecule has 2 atom stereocenters. The number of likely N-dealkylation sites (tertiary alicyclic amines) is 1. The van der Waals surface area contributed by atoms with Crippen molar-refractivity contribution < 1.29 is 18.3 Å². The minimum absolute atomic E-state index is 0.211. The van der Waals surface area contributed by atoms with Gasteiger partial charge in [0.2, 0.25) is 5.95 Å². The van der Waals surface area contributed by atoms with E-state index in [9.17, 15) is 18.3 Å². The van der Waals surface area contributed by atoms with Gasteiger partial charge >= 0.3 is 6.18 Å². The van der Waals surface area contributed by atoms with Crippen LogP contribution in [-0.4, -0.2) is 57.9 Å². The van der Waals surface area contributed by atoms with Gasteiger partial charge in [0.1, 0.15) is 11.4 Å². The van der Waals surface area contributed by atoms with Crippen LogP contribution in [0.15, 0.2) is 18.2 Å². The number of piperidine rings is 1. The largest absolute Gasteiger partial charge is 0.507 e. The summed E-state index contributed by atoms with van der Waals surface area (Å²) in [5.74, 6) is 0.983. The van der Waals surface area contributed by atoms with Gasteiger partial charge in [0.05, 0.1) is 11.3 Å². The number of benzene rings is 1. The van der Waals surface area contributed by atoms with Crippen LogP contribution in [0, 0.1) is 5.92 Å². The van der Waals surface area contributed by atoms with Crippen LogP contribution in [0.3, 0.4) is 0 Å². The molecular weight excluding hydrogens is 395 g/mol. The van der Waals surface area contributed by atoms with E-state index in [-0.39, 0.29) is 11.5 Å². The van der Waals surface area contributed by atoms with E-state index >= 15 is 0 Å². The first-order valence-corrected chi connectivity index (χ1v) is 10.4. The Hall–Kier alpha value is -2.42. The number of anilines is 1. The number of aromatic hydroxyl groups is 1. The minimum Gasteiger partial charge on any atom is -0.507 e. The van der Waals surface area contributed by atoms with Crippen molar-refractivity contribution in [3.05, 3.63) is 29.5 Å². The average Bonchev–Trinajstić information content (AvgIpc) is 3.47. The van der Waals surface area contributed by atoms with Crippen LogP contribution in [0.2, 0.25) is 0 Å². The molecule has 0 spiro atoms. The fraction of sp³-hybridized carbons (Fsp3) is 0.571. The first-order valence-electron chi connectivity index (χ1n) is 10.4. The number of aromatic nitrogens is 3. The number of phenols is 1. The highest BCUT2D eigenvalue weighted by atomic mass is 19.4. The number of hydrogen-bond donors (Lipinski definition) is 1. The molecule has 30 heavy (non-hydrogen) atoms. The van der Waals surface area contributed by atoms with E-state index in [2.05, 4.69) is 27.0 Å². The van der Waals surface area contributed by atoms with Crippen molar-refractivity contribution >= 4 is 5.95 Å². The zero-order chi connectivity index (χ0) is 21.0. The van der Waals surface area contributed by atoms with Gasteiger partial charge in [-0.3, -0.25) is 0 Å². The zero-order valence-electron chi connectivity index (χ0n) is 16.7. The number of alkyl halides is 3. The Morgan fingerprint density at radius 1 is 1.07 bits per heavy atom. The van der Waals surface area contributed by atoms with Gasteiger partial charge in [-0.1, -0.05) is 0 Å². The number of likely N-dealkylation sites (N-methyl/N-ethyl adjacent to an activating group) is 1. The first-order chi connectivity index (χ1) is 14.3. The van der Waals surface area contributed by atoms with Gasteiger partial charge in [-0.15, -0.1) is 10.2 Å². The molecule has 0 unspecified atom stereocenters. The van der Waals surface area contributed by atoms with E-state index < -0.39 is 17.5 Å². The van der Waals surface area contributed by atoms with Gasteiger partial charge in [-0.05, 0) is 63.4 Å². The smallest absolute Gasteiger partial charge is 0.416 e. The molecule has 2 saturated heterocycles. The number of phenolic OH excluding ortho intramolecular Hbond substituents is 1. The number of rotatable bonds is 3. The summed E-state index contributed by atoms with van der Waals surface area (Å²) in [5.41, 5.74) is 0.457. The van der Waals surface area contributed by atoms with E-state index in [1.54, 1.807) is 0 Å². The van der Waals surface area contributed by atoms with Crippen LogP contribution in [0.1, 0.15) is 42.9 Å². The van der Waals surface area contributed by atoms with Crippen molar-refractivity contribution in [3.8, 4) is 17.0 Å². The molecule has 3 aliphatic rings. The summed E-state index contributed by atoms with van der Waals surface area (Å²) in [5, 5.41) is 19.0. The third-order valence-corrected chi connectivity index (χ3v) is 6.57. The molecular formula is C21H24F3N5O. The quantitative estimate of drug-likeness (QED) is 0.819. The molecule has 1 aromatic heterocycles. The topological polar surface area (TPSA) is 65.4 Å². The van der Waals surface area contributed by atoms with Crippen molar-refractivity contribution in [2.75, 3.05) is 31.6 Å². The molecule has 2 aromatic rings. The molecule has 160 valence electrons. The highest BCUT2D eigenvalue weighted by molar-refractivity contribution is 5.70. The summed E-state index contributed by atoms with van der Waals surface area (Å²) < 4.78 is 38.8. The maximum absolute atomic E-state index is 12.9. The second kappa shape index (κ2) is 7.08. The Balaban J connectivity index is 1.50. The highest BCUT2D eigenvalue weighted by Crippen LogP contribution is 2.45. The highest BCUT2D eigenvalue weighted by Gasteiger charge is 2.40. The molecule has 0 radical (unpaired) electrons. The first kappa shape index (κ1) is 19.5. The molecule has 3 heterocycles. The van der Waals surface area contributed by atoms with E-state index in [1.807, 2.05) is 0 Å². The molecule has 0 bridgehead atoms. The van der Waals surface area contributed by atoms with Crippen molar-refractivity contribution in [1.82, 2.24) is 20.1 Å². The SMILES string of the molecule is CN1CC[C@@H]2CCN(c3nnc(-c4ccc(C(F)(F)F)cc4O)c(C4CC4)n3)[C@@H]2C1. The summed E-state index contributed by atoms with van der Waals surface area (Å²) >= 11 is 0. The number of hydrogen-bond acceptors (Lipinski definition) is 6. The second-order valence-electron chi connectivity index (χ2n) is 8.71. The van der Waals surface area contributed by atoms with Crippen molar-refractivity contribution in [2.24, 2.45) is 5.92 Å². The number of fused-ring (bicyclic) bond motifs is 1. The van der Waals surface area contributed by atoms with E-state index in [1.165, 1.54) is 6.07 Å². The number of nitrogens with zero attached hydrogens (tertiary/aromatic N) is 5.